The summed E-state index contributed by atoms with van der Waals surface area (Å²) in [4.78, 5) is 21.8. The van der Waals surface area contributed by atoms with Gasteiger partial charge in [0.15, 0.2) is 0 Å². The highest BCUT2D eigenvalue weighted by molar-refractivity contribution is 5.76. The Bertz CT molecular complexity index is 557. The van der Waals surface area contributed by atoms with Gasteiger partial charge in [-0.1, -0.05) is 19.1 Å². The molecule has 0 radical (unpaired) electrons. The molecule has 2 heterocycles. The Kier molecular flexibility index (Phi) is 3.23. The number of para-hydroxylation sites is 2. The third kappa shape index (κ3) is 2.35. The summed E-state index contributed by atoms with van der Waals surface area (Å²) in [6.45, 7) is 3.61. The first-order valence-electron chi connectivity index (χ1n) is 7.00. The number of hydrogen-bond acceptors (Lipinski definition) is 2. The molecule has 4 heteroatoms. The van der Waals surface area contributed by atoms with E-state index in [0.29, 0.717) is 12.3 Å². The zero-order valence-corrected chi connectivity index (χ0v) is 11.2. The summed E-state index contributed by atoms with van der Waals surface area (Å²) in [5.41, 5.74) is 2.09. The lowest BCUT2D eigenvalue weighted by Gasteiger charge is -2.31. The van der Waals surface area contributed by atoms with E-state index in [1.54, 1.807) is 0 Å². The lowest BCUT2D eigenvalue weighted by molar-refractivity contribution is -0.132. The van der Waals surface area contributed by atoms with Crippen LogP contribution in [0.1, 0.15) is 37.9 Å². The van der Waals surface area contributed by atoms with E-state index < -0.39 is 0 Å². The number of imidazole rings is 1. The zero-order chi connectivity index (χ0) is 13.2. The molecule has 1 fully saturated rings. The van der Waals surface area contributed by atoms with Gasteiger partial charge in [-0.15, -0.1) is 0 Å². The van der Waals surface area contributed by atoms with Crippen LogP contribution in [0.4, 0.5) is 0 Å². The van der Waals surface area contributed by atoms with Crippen molar-refractivity contribution in [3.8, 4) is 0 Å². The van der Waals surface area contributed by atoms with Crippen molar-refractivity contribution in [2.75, 3.05) is 13.1 Å². The largest absolute Gasteiger partial charge is 0.342 e. The Morgan fingerprint density at radius 3 is 3.11 bits per heavy atom. The molecule has 4 nitrogen and oxygen atoms in total. The second-order valence-electron chi connectivity index (χ2n) is 5.17. The molecule has 1 saturated heterocycles. The Morgan fingerprint density at radius 1 is 1.47 bits per heavy atom. The van der Waals surface area contributed by atoms with Crippen molar-refractivity contribution in [3.63, 3.8) is 0 Å². The first-order chi connectivity index (χ1) is 9.28. The quantitative estimate of drug-likeness (QED) is 0.899. The fourth-order valence-electron chi connectivity index (χ4n) is 2.82. The zero-order valence-electron chi connectivity index (χ0n) is 11.2. The van der Waals surface area contributed by atoms with E-state index in [1.165, 1.54) is 0 Å². The molecule has 0 spiro atoms. The summed E-state index contributed by atoms with van der Waals surface area (Å²) in [6.07, 6.45) is 2.76. The molecule has 0 saturated carbocycles. The highest BCUT2D eigenvalue weighted by atomic mass is 16.2. The molecule has 19 heavy (non-hydrogen) atoms. The highest BCUT2D eigenvalue weighted by Crippen LogP contribution is 2.26. The maximum atomic E-state index is 11.8. The number of piperidine rings is 1. The molecule has 100 valence electrons. The van der Waals surface area contributed by atoms with Crippen LogP contribution in [0.15, 0.2) is 24.3 Å². The molecule has 3 rings (SSSR count). The van der Waals surface area contributed by atoms with Crippen LogP contribution in [0.2, 0.25) is 0 Å². The van der Waals surface area contributed by atoms with Crippen LogP contribution >= 0.6 is 0 Å². The van der Waals surface area contributed by atoms with Crippen LogP contribution in [0.3, 0.4) is 0 Å². The number of likely N-dealkylation sites (tertiary alicyclic amines) is 1. The minimum Gasteiger partial charge on any atom is -0.342 e. The molecule has 0 unspecified atom stereocenters. The Hall–Kier alpha value is -1.84. The van der Waals surface area contributed by atoms with E-state index in [-0.39, 0.29) is 5.91 Å². The molecule has 0 aliphatic carbocycles. The third-order valence-electron chi connectivity index (χ3n) is 3.87. The molecule has 1 atom stereocenters. The van der Waals surface area contributed by atoms with Crippen molar-refractivity contribution < 1.29 is 4.79 Å². The summed E-state index contributed by atoms with van der Waals surface area (Å²) in [6, 6.07) is 8.08. The van der Waals surface area contributed by atoms with Crippen molar-refractivity contribution in [1.82, 2.24) is 14.9 Å². The number of aromatic nitrogens is 2. The van der Waals surface area contributed by atoms with E-state index >= 15 is 0 Å². The smallest absolute Gasteiger partial charge is 0.222 e. The fraction of sp³-hybridized carbons (Fsp3) is 0.467. The SMILES string of the molecule is CCC(=O)N1CCC[C@@H](c2nc3ccccc3[nH]2)C1. The van der Waals surface area contributed by atoms with Gasteiger partial charge in [-0.05, 0) is 25.0 Å². The summed E-state index contributed by atoms with van der Waals surface area (Å²) in [5, 5.41) is 0. The van der Waals surface area contributed by atoms with Gasteiger partial charge < -0.3 is 9.88 Å². The van der Waals surface area contributed by atoms with Crippen LogP contribution in [0.5, 0.6) is 0 Å². The normalized spacial score (nSPS) is 19.8. The molecule has 1 N–H and O–H groups in total. The third-order valence-corrected chi connectivity index (χ3v) is 3.87. The van der Waals surface area contributed by atoms with Crippen molar-refractivity contribution in [3.05, 3.63) is 30.1 Å². The molecule has 1 aliphatic rings. The van der Waals surface area contributed by atoms with Gasteiger partial charge in [-0.25, -0.2) is 4.98 Å². The molecule has 2 aromatic rings. The van der Waals surface area contributed by atoms with Crippen LogP contribution in [0.25, 0.3) is 11.0 Å². The van der Waals surface area contributed by atoms with Crippen LogP contribution in [-0.4, -0.2) is 33.9 Å². The predicted octanol–water partition coefficient (Wildman–Crippen LogP) is 2.68. The number of hydrogen-bond donors (Lipinski definition) is 1. The molecule has 1 aromatic heterocycles. The molecular formula is C15H19N3O. The highest BCUT2D eigenvalue weighted by Gasteiger charge is 2.25. The van der Waals surface area contributed by atoms with Crippen molar-refractivity contribution in [2.45, 2.75) is 32.1 Å². The van der Waals surface area contributed by atoms with E-state index in [1.807, 2.05) is 36.1 Å². The van der Waals surface area contributed by atoms with Gasteiger partial charge in [0, 0.05) is 25.4 Å². The van der Waals surface area contributed by atoms with E-state index in [0.717, 1.165) is 42.8 Å². The number of amides is 1. The first-order valence-corrected chi connectivity index (χ1v) is 7.00. The summed E-state index contributed by atoms with van der Waals surface area (Å²) < 4.78 is 0. The number of benzene rings is 1. The Labute approximate surface area is 112 Å². The van der Waals surface area contributed by atoms with E-state index in [2.05, 4.69) is 9.97 Å². The molecule has 1 aliphatic heterocycles. The van der Waals surface area contributed by atoms with Crippen LogP contribution < -0.4 is 0 Å². The molecule has 0 bridgehead atoms. The Morgan fingerprint density at radius 2 is 2.32 bits per heavy atom. The van der Waals surface area contributed by atoms with Gasteiger partial charge in [-0.3, -0.25) is 4.79 Å². The lowest BCUT2D eigenvalue weighted by atomic mass is 9.97. The van der Waals surface area contributed by atoms with Crippen LogP contribution in [-0.2, 0) is 4.79 Å². The van der Waals surface area contributed by atoms with Crippen molar-refractivity contribution in [2.24, 2.45) is 0 Å². The number of aromatic amines is 1. The monoisotopic (exact) mass is 257 g/mol. The standard InChI is InChI=1S/C15H19N3O/c1-2-14(19)18-9-5-6-11(10-18)15-16-12-7-3-4-8-13(12)17-15/h3-4,7-8,11H,2,5-6,9-10H2,1H3,(H,16,17)/t11-/m1/s1. The van der Waals surface area contributed by atoms with Gasteiger partial charge in [-0.2, -0.15) is 0 Å². The van der Waals surface area contributed by atoms with Crippen molar-refractivity contribution in [1.29, 1.82) is 0 Å². The number of carbonyl (C=O) groups is 1. The van der Waals surface area contributed by atoms with E-state index in [4.69, 9.17) is 0 Å². The summed E-state index contributed by atoms with van der Waals surface area (Å²) in [5.74, 6) is 1.62. The average Bonchev–Trinajstić information content (AvgIpc) is 2.90. The number of carbonyl (C=O) groups excluding carboxylic acids is 1. The number of H-pyrrole nitrogens is 1. The minimum absolute atomic E-state index is 0.251. The number of rotatable bonds is 2. The fourth-order valence-corrected chi connectivity index (χ4v) is 2.82. The maximum absolute atomic E-state index is 11.8. The minimum atomic E-state index is 0.251. The summed E-state index contributed by atoms with van der Waals surface area (Å²) >= 11 is 0. The first kappa shape index (κ1) is 12.2. The predicted molar refractivity (Wildman–Crippen MR) is 74.9 cm³/mol. The second kappa shape index (κ2) is 5.03. The molecule has 1 aromatic carbocycles. The number of fused-ring (bicyclic) bond motifs is 1. The number of nitrogens with one attached hydrogen (secondary N) is 1. The van der Waals surface area contributed by atoms with Crippen LogP contribution in [0, 0.1) is 0 Å². The Balaban J connectivity index is 1.83. The van der Waals surface area contributed by atoms with Gasteiger partial charge >= 0.3 is 0 Å². The van der Waals surface area contributed by atoms with Crippen molar-refractivity contribution >= 4 is 16.9 Å². The van der Waals surface area contributed by atoms with Gasteiger partial charge in [0.25, 0.3) is 0 Å². The molecular weight excluding hydrogens is 238 g/mol. The topological polar surface area (TPSA) is 49.0 Å². The van der Waals surface area contributed by atoms with Gasteiger partial charge in [0.2, 0.25) is 5.91 Å². The second-order valence-corrected chi connectivity index (χ2v) is 5.17. The number of nitrogens with zero attached hydrogens (tertiary/aromatic N) is 2. The van der Waals surface area contributed by atoms with Gasteiger partial charge in [0.05, 0.1) is 11.0 Å². The average molecular weight is 257 g/mol. The van der Waals surface area contributed by atoms with Gasteiger partial charge in [0.1, 0.15) is 5.82 Å². The molecule has 1 amide bonds. The lowest BCUT2D eigenvalue weighted by Crippen LogP contribution is -2.38. The maximum Gasteiger partial charge on any atom is 0.222 e. The van der Waals surface area contributed by atoms with E-state index in [9.17, 15) is 4.79 Å². The summed E-state index contributed by atoms with van der Waals surface area (Å²) in [7, 11) is 0.